The van der Waals surface area contributed by atoms with Crippen LogP contribution < -0.4 is 0 Å². The van der Waals surface area contributed by atoms with Gasteiger partial charge in [-0.3, -0.25) is 4.79 Å². The third-order valence-corrected chi connectivity index (χ3v) is 4.27. The molecule has 0 saturated carbocycles. The van der Waals surface area contributed by atoms with Gasteiger partial charge in [0.2, 0.25) is 0 Å². The second-order valence-electron chi connectivity index (χ2n) is 5.99. The van der Waals surface area contributed by atoms with Crippen LogP contribution in [0.25, 0.3) is 0 Å². The van der Waals surface area contributed by atoms with Crippen molar-refractivity contribution in [1.29, 1.82) is 0 Å². The highest BCUT2D eigenvalue weighted by molar-refractivity contribution is 5.73. The number of allylic oxidation sites excluding steroid dienone is 2. The first-order valence-corrected chi connectivity index (χ1v) is 7.88. The summed E-state index contributed by atoms with van der Waals surface area (Å²) in [6.07, 6.45) is 7.38. The van der Waals surface area contributed by atoms with Gasteiger partial charge in [-0.2, -0.15) is 0 Å². The van der Waals surface area contributed by atoms with E-state index in [4.69, 9.17) is 5.11 Å². The Morgan fingerprint density at radius 2 is 2.00 bits per heavy atom. The molecular formula is C19H24O3. The van der Waals surface area contributed by atoms with Crippen LogP contribution in [0.15, 0.2) is 48.1 Å². The van der Waals surface area contributed by atoms with Crippen LogP contribution >= 0.6 is 0 Å². The molecule has 3 atom stereocenters. The number of hydrogen-bond acceptors (Lipinski definition) is 2. The Morgan fingerprint density at radius 1 is 1.32 bits per heavy atom. The van der Waals surface area contributed by atoms with Crippen molar-refractivity contribution in [1.82, 2.24) is 0 Å². The van der Waals surface area contributed by atoms with Crippen LogP contribution in [0, 0.1) is 18.8 Å². The molecule has 0 saturated heterocycles. The predicted octanol–water partition coefficient (Wildman–Crippen LogP) is 4.03. The van der Waals surface area contributed by atoms with E-state index in [0.29, 0.717) is 6.42 Å². The average Bonchev–Trinajstić information content (AvgIpc) is 2.53. The van der Waals surface area contributed by atoms with E-state index < -0.39 is 18.0 Å². The van der Waals surface area contributed by atoms with Crippen molar-refractivity contribution in [3.05, 3.63) is 59.2 Å². The SMILES string of the molecule is CCCC(C1=CCC(C(=O)O)C=C1)C(O)c1ccc(C)cc1. The van der Waals surface area contributed by atoms with Crippen molar-refractivity contribution < 1.29 is 15.0 Å². The van der Waals surface area contributed by atoms with Crippen molar-refractivity contribution in [2.75, 3.05) is 0 Å². The van der Waals surface area contributed by atoms with Gasteiger partial charge in [0.25, 0.3) is 0 Å². The molecule has 2 N–H and O–H groups in total. The first-order valence-electron chi connectivity index (χ1n) is 7.88. The molecule has 0 spiro atoms. The molecule has 0 heterocycles. The van der Waals surface area contributed by atoms with Crippen LogP contribution in [0.3, 0.4) is 0 Å². The lowest BCUT2D eigenvalue weighted by Gasteiger charge is -2.26. The second kappa shape index (κ2) is 7.41. The van der Waals surface area contributed by atoms with Crippen molar-refractivity contribution in [2.24, 2.45) is 11.8 Å². The van der Waals surface area contributed by atoms with Gasteiger partial charge in [0.1, 0.15) is 0 Å². The number of hydrogen-bond donors (Lipinski definition) is 2. The van der Waals surface area contributed by atoms with E-state index in [-0.39, 0.29) is 5.92 Å². The van der Waals surface area contributed by atoms with E-state index >= 15 is 0 Å². The molecule has 1 aromatic rings. The average molecular weight is 300 g/mol. The molecule has 0 aliphatic heterocycles. The van der Waals surface area contributed by atoms with Gasteiger partial charge in [-0.15, -0.1) is 0 Å². The molecule has 0 bridgehead atoms. The monoisotopic (exact) mass is 300 g/mol. The topological polar surface area (TPSA) is 57.5 Å². The number of benzene rings is 1. The van der Waals surface area contributed by atoms with Gasteiger partial charge >= 0.3 is 5.97 Å². The molecule has 3 nitrogen and oxygen atoms in total. The summed E-state index contributed by atoms with van der Waals surface area (Å²) in [5.74, 6) is -1.22. The smallest absolute Gasteiger partial charge is 0.310 e. The zero-order valence-corrected chi connectivity index (χ0v) is 13.2. The van der Waals surface area contributed by atoms with E-state index in [1.54, 1.807) is 6.08 Å². The van der Waals surface area contributed by atoms with Crippen LogP contribution in [0.2, 0.25) is 0 Å². The van der Waals surface area contributed by atoms with Crippen LogP contribution in [0.4, 0.5) is 0 Å². The minimum atomic E-state index is -0.794. The Kier molecular flexibility index (Phi) is 5.56. The van der Waals surface area contributed by atoms with E-state index in [1.165, 1.54) is 5.56 Å². The second-order valence-corrected chi connectivity index (χ2v) is 5.99. The van der Waals surface area contributed by atoms with Gasteiger partial charge in [-0.1, -0.05) is 61.4 Å². The van der Waals surface area contributed by atoms with Gasteiger partial charge in [0.15, 0.2) is 0 Å². The summed E-state index contributed by atoms with van der Waals surface area (Å²) in [5.41, 5.74) is 3.13. The summed E-state index contributed by atoms with van der Waals surface area (Å²) in [6.45, 7) is 4.13. The lowest BCUT2D eigenvalue weighted by atomic mass is 9.82. The van der Waals surface area contributed by atoms with E-state index in [9.17, 15) is 9.90 Å². The first kappa shape index (κ1) is 16.5. The maximum Gasteiger partial charge on any atom is 0.310 e. The Morgan fingerprint density at radius 3 is 2.50 bits per heavy atom. The molecule has 1 aliphatic carbocycles. The minimum absolute atomic E-state index is 0.0127. The van der Waals surface area contributed by atoms with Gasteiger partial charge in [-0.25, -0.2) is 0 Å². The molecule has 0 aromatic heterocycles. The number of carboxylic acid groups (broad SMARTS) is 1. The fraction of sp³-hybridized carbons (Fsp3) is 0.421. The molecule has 2 rings (SSSR count). The molecule has 0 radical (unpaired) electrons. The molecule has 3 unspecified atom stereocenters. The molecular weight excluding hydrogens is 276 g/mol. The number of aliphatic hydroxyl groups is 1. The zero-order chi connectivity index (χ0) is 16.1. The largest absolute Gasteiger partial charge is 0.481 e. The summed E-state index contributed by atoms with van der Waals surface area (Å²) < 4.78 is 0. The van der Waals surface area contributed by atoms with Gasteiger partial charge in [0.05, 0.1) is 12.0 Å². The quantitative estimate of drug-likeness (QED) is 0.834. The van der Waals surface area contributed by atoms with Crippen molar-refractivity contribution in [3.63, 3.8) is 0 Å². The fourth-order valence-corrected chi connectivity index (χ4v) is 2.91. The Bertz CT molecular complexity index is 569. The summed E-state index contributed by atoms with van der Waals surface area (Å²) >= 11 is 0. The maximum absolute atomic E-state index is 11.0. The Labute approximate surface area is 132 Å². The standard InChI is InChI=1S/C19H24O3/c1-3-4-17(14-9-11-16(12-10-14)19(21)22)18(20)15-7-5-13(2)6-8-15/h5-11,16-18,20H,3-4,12H2,1-2H3,(H,21,22). The van der Waals surface area contributed by atoms with Gasteiger partial charge in [-0.05, 0) is 30.9 Å². The molecule has 1 aromatic carbocycles. The third kappa shape index (κ3) is 3.86. The molecule has 0 amide bonds. The van der Waals surface area contributed by atoms with E-state index in [2.05, 4.69) is 6.92 Å². The summed E-state index contributed by atoms with van der Waals surface area (Å²) in [4.78, 5) is 11.0. The van der Waals surface area contributed by atoms with Crippen molar-refractivity contribution >= 4 is 5.97 Å². The molecule has 0 fully saturated rings. The van der Waals surface area contributed by atoms with Crippen LogP contribution in [0.1, 0.15) is 43.4 Å². The summed E-state index contributed by atoms with van der Waals surface area (Å²) in [6, 6.07) is 7.95. The van der Waals surface area contributed by atoms with Crippen LogP contribution in [-0.4, -0.2) is 16.2 Å². The highest BCUT2D eigenvalue weighted by Crippen LogP contribution is 2.35. The van der Waals surface area contributed by atoms with E-state index in [1.807, 2.05) is 43.3 Å². The van der Waals surface area contributed by atoms with E-state index in [0.717, 1.165) is 24.0 Å². The number of carbonyl (C=O) groups is 1. The fourth-order valence-electron chi connectivity index (χ4n) is 2.91. The Hall–Kier alpha value is -1.87. The molecule has 22 heavy (non-hydrogen) atoms. The number of aliphatic carboxylic acids is 1. The van der Waals surface area contributed by atoms with Crippen molar-refractivity contribution in [3.8, 4) is 0 Å². The van der Waals surface area contributed by atoms with Crippen LogP contribution in [0.5, 0.6) is 0 Å². The number of rotatable bonds is 6. The third-order valence-electron chi connectivity index (χ3n) is 4.27. The maximum atomic E-state index is 11.0. The van der Waals surface area contributed by atoms with Gasteiger partial charge < -0.3 is 10.2 Å². The Balaban J connectivity index is 2.18. The minimum Gasteiger partial charge on any atom is -0.481 e. The molecule has 1 aliphatic rings. The van der Waals surface area contributed by atoms with Gasteiger partial charge in [0, 0.05) is 5.92 Å². The summed E-state index contributed by atoms with van der Waals surface area (Å²) in [5, 5.41) is 19.8. The number of carboxylic acids is 1. The lowest BCUT2D eigenvalue weighted by molar-refractivity contribution is -0.139. The highest BCUT2D eigenvalue weighted by Gasteiger charge is 2.25. The highest BCUT2D eigenvalue weighted by atomic mass is 16.4. The normalized spacial score (nSPS) is 20.3. The number of aliphatic hydroxyl groups excluding tert-OH is 1. The molecule has 118 valence electrons. The zero-order valence-electron chi connectivity index (χ0n) is 13.2. The summed E-state index contributed by atoms with van der Waals surface area (Å²) in [7, 11) is 0. The van der Waals surface area contributed by atoms with Crippen LogP contribution in [-0.2, 0) is 4.79 Å². The lowest BCUT2D eigenvalue weighted by Crippen LogP contribution is -2.18. The van der Waals surface area contributed by atoms with Crippen molar-refractivity contribution in [2.45, 2.75) is 39.2 Å². The predicted molar refractivity (Wildman–Crippen MR) is 87.5 cm³/mol. The molecule has 3 heteroatoms. The first-order chi connectivity index (χ1) is 10.5. The number of aryl methyl sites for hydroxylation is 1.